The molecule has 0 aliphatic heterocycles. The molecule has 0 saturated heterocycles. The largest absolute Gasteiger partial charge is 0.490 e. The summed E-state index contributed by atoms with van der Waals surface area (Å²) < 4.78 is 31.2. The van der Waals surface area contributed by atoms with Gasteiger partial charge in [0.15, 0.2) is 0 Å². The molecule has 0 bridgehead atoms. The van der Waals surface area contributed by atoms with Gasteiger partial charge in [0.25, 0.3) is 0 Å². The quantitative estimate of drug-likeness (QED) is 0.924. The van der Waals surface area contributed by atoms with Crippen LogP contribution in [0.1, 0.15) is 39.2 Å². The van der Waals surface area contributed by atoms with Crippen LogP contribution in [0.2, 0.25) is 0 Å². The lowest BCUT2D eigenvalue weighted by Gasteiger charge is -2.24. The SMILES string of the molecule is CC(C)(C)c1cc(OC2CC2)ccc1NS(C)(=O)=O. The van der Waals surface area contributed by atoms with E-state index in [1.807, 2.05) is 12.1 Å². The summed E-state index contributed by atoms with van der Waals surface area (Å²) in [6.07, 6.45) is 3.71. The van der Waals surface area contributed by atoms with Crippen LogP contribution in [0.4, 0.5) is 5.69 Å². The first kappa shape index (κ1) is 14.2. The maximum absolute atomic E-state index is 11.4. The van der Waals surface area contributed by atoms with Crippen molar-refractivity contribution in [3.05, 3.63) is 23.8 Å². The minimum atomic E-state index is -3.27. The summed E-state index contributed by atoms with van der Waals surface area (Å²) in [5, 5.41) is 0. The summed E-state index contributed by atoms with van der Waals surface area (Å²) in [5.74, 6) is 0.812. The smallest absolute Gasteiger partial charge is 0.229 e. The Morgan fingerprint density at radius 3 is 2.37 bits per heavy atom. The summed E-state index contributed by atoms with van der Waals surface area (Å²) in [6, 6.07) is 5.53. The zero-order valence-electron chi connectivity index (χ0n) is 11.9. The maximum atomic E-state index is 11.4. The highest BCUT2D eigenvalue weighted by Gasteiger charge is 2.25. The van der Waals surface area contributed by atoms with Crippen molar-refractivity contribution in [1.29, 1.82) is 0 Å². The fourth-order valence-electron chi connectivity index (χ4n) is 1.88. The summed E-state index contributed by atoms with van der Waals surface area (Å²) in [7, 11) is -3.27. The molecule has 0 spiro atoms. The van der Waals surface area contributed by atoms with Gasteiger partial charge in [-0.1, -0.05) is 20.8 Å². The third-order valence-corrected chi connectivity index (χ3v) is 3.51. The van der Waals surface area contributed by atoms with Gasteiger partial charge in [-0.15, -0.1) is 0 Å². The molecule has 0 atom stereocenters. The van der Waals surface area contributed by atoms with E-state index in [0.717, 1.165) is 30.4 Å². The molecule has 2 rings (SSSR count). The number of hydrogen-bond donors (Lipinski definition) is 1. The van der Waals surface area contributed by atoms with Crippen LogP contribution in [0.3, 0.4) is 0 Å². The summed E-state index contributed by atoms with van der Waals surface area (Å²) in [5.41, 5.74) is 1.41. The lowest BCUT2D eigenvalue weighted by atomic mass is 9.86. The topological polar surface area (TPSA) is 55.4 Å². The summed E-state index contributed by atoms with van der Waals surface area (Å²) in [4.78, 5) is 0. The fraction of sp³-hybridized carbons (Fsp3) is 0.571. The van der Waals surface area contributed by atoms with Crippen LogP contribution in [0.25, 0.3) is 0 Å². The first-order valence-electron chi connectivity index (χ1n) is 6.44. The first-order chi connectivity index (χ1) is 8.65. The third-order valence-electron chi connectivity index (χ3n) is 2.92. The van der Waals surface area contributed by atoms with Crippen LogP contribution < -0.4 is 9.46 Å². The number of ether oxygens (including phenoxy) is 1. The van der Waals surface area contributed by atoms with Crippen molar-refractivity contribution < 1.29 is 13.2 Å². The monoisotopic (exact) mass is 283 g/mol. The number of rotatable bonds is 4. The molecular formula is C14H21NO3S. The van der Waals surface area contributed by atoms with E-state index in [4.69, 9.17) is 4.74 Å². The van der Waals surface area contributed by atoms with E-state index in [0.29, 0.717) is 11.8 Å². The Morgan fingerprint density at radius 1 is 1.26 bits per heavy atom. The molecule has 4 nitrogen and oxygen atoms in total. The molecule has 1 saturated carbocycles. The average molecular weight is 283 g/mol. The van der Waals surface area contributed by atoms with Gasteiger partial charge in [-0.05, 0) is 42.0 Å². The van der Waals surface area contributed by atoms with E-state index in [2.05, 4.69) is 25.5 Å². The second kappa shape index (κ2) is 4.71. The Balaban J connectivity index is 2.36. The standard InChI is InChI=1S/C14H21NO3S/c1-14(2,3)12-9-11(18-10-5-6-10)7-8-13(12)15-19(4,16)17/h7-10,15H,5-6H2,1-4H3. The lowest BCUT2D eigenvalue weighted by Crippen LogP contribution is -2.18. The van der Waals surface area contributed by atoms with Crippen molar-refractivity contribution in [1.82, 2.24) is 0 Å². The Morgan fingerprint density at radius 2 is 1.89 bits per heavy atom. The molecule has 5 heteroatoms. The highest BCUT2D eigenvalue weighted by molar-refractivity contribution is 7.92. The molecule has 1 aliphatic rings. The van der Waals surface area contributed by atoms with E-state index in [1.54, 1.807) is 6.07 Å². The zero-order valence-corrected chi connectivity index (χ0v) is 12.7. The Kier molecular flexibility index (Phi) is 3.51. The van der Waals surface area contributed by atoms with Gasteiger partial charge in [-0.2, -0.15) is 0 Å². The molecule has 1 fully saturated rings. The van der Waals surface area contributed by atoms with Gasteiger partial charge in [-0.3, -0.25) is 4.72 Å². The predicted molar refractivity (Wildman–Crippen MR) is 77.3 cm³/mol. The van der Waals surface area contributed by atoms with E-state index in [-0.39, 0.29) is 5.41 Å². The van der Waals surface area contributed by atoms with Gasteiger partial charge < -0.3 is 4.74 Å². The van der Waals surface area contributed by atoms with Gasteiger partial charge in [0.05, 0.1) is 18.0 Å². The molecular weight excluding hydrogens is 262 g/mol. The van der Waals surface area contributed by atoms with Crippen LogP contribution in [-0.2, 0) is 15.4 Å². The Labute approximate surface area is 115 Å². The maximum Gasteiger partial charge on any atom is 0.229 e. The number of sulfonamides is 1. The van der Waals surface area contributed by atoms with Crippen molar-refractivity contribution in [2.75, 3.05) is 11.0 Å². The fourth-order valence-corrected chi connectivity index (χ4v) is 2.46. The highest BCUT2D eigenvalue weighted by atomic mass is 32.2. The first-order valence-corrected chi connectivity index (χ1v) is 8.33. The van der Waals surface area contributed by atoms with Crippen LogP contribution >= 0.6 is 0 Å². The molecule has 0 aromatic heterocycles. The van der Waals surface area contributed by atoms with Crippen molar-refractivity contribution in [3.8, 4) is 5.75 Å². The lowest BCUT2D eigenvalue weighted by molar-refractivity contribution is 0.302. The van der Waals surface area contributed by atoms with Crippen LogP contribution in [0.5, 0.6) is 5.75 Å². The van der Waals surface area contributed by atoms with E-state index < -0.39 is 10.0 Å². The van der Waals surface area contributed by atoms with Crippen molar-refractivity contribution in [2.45, 2.75) is 45.1 Å². The predicted octanol–water partition coefficient (Wildman–Crippen LogP) is 2.90. The van der Waals surface area contributed by atoms with Crippen LogP contribution in [0.15, 0.2) is 18.2 Å². The molecule has 19 heavy (non-hydrogen) atoms. The molecule has 1 aliphatic carbocycles. The van der Waals surface area contributed by atoms with Gasteiger partial charge in [0, 0.05) is 0 Å². The van der Waals surface area contributed by atoms with Crippen LogP contribution in [0, 0.1) is 0 Å². The minimum absolute atomic E-state index is 0.157. The number of anilines is 1. The zero-order chi connectivity index (χ0) is 14.3. The molecule has 0 unspecified atom stereocenters. The number of nitrogens with one attached hydrogen (secondary N) is 1. The number of hydrogen-bond acceptors (Lipinski definition) is 3. The normalized spacial score (nSPS) is 16.2. The summed E-state index contributed by atoms with van der Waals surface area (Å²) in [6.45, 7) is 6.16. The van der Waals surface area contributed by atoms with Gasteiger partial charge in [0.2, 0.25) is 10.0 Å². The second-order valence-electron chi connectivity index (χ2n) is 6.15. The molecule has 0 radical (unpaired) electrons. The van der Waals surface area contributed by atoms with E-state index in [9.17, 15) is 8.42 Å². The average Bonchev–Trinajstić information content (AvgIpc) is 3.00. The summed E-state index contributed by atoms with van der Waals surface area (Å²) >= 11 is 0. The van der Waals surface area contributed by atoms with Gasteiger partial charge >= 0.3 is 0 Å². The van der Waals surface area contributed by atoms with Crippen molar-refractivity contribution in [2.24, 2.45) is 0 Å². The Hall–Kier alpha value is -1.23. The van der Waals surface area contributed by atoms with E-state index in [1.165, 1.54) is 0 Å². The molecule has 0 heterocycles. The van der Waals surface area contributed by atoms with Crippen LogP contribution in [-0.4, -0.2) is 20.8 Å². The van der Waals surface area contributed by atoms with Crippen molar-refractivity contribution in [3.63, 3.8) is 0 Å². The second-order valence-corrected chi connectivity index (χ2v) is 7.90. The molecule has 1 N–H and O–H groups in total. The number of benzene rings is 1. The Bertz CT molecular complexity index is 569. The third kappa shape index (κ3) is 4.13. The highest BCUT2D eigenvalue weighted by Crippen LogP contribution is 2.35. The molecule has 1 aromatic carbocycles. The minimum Gasteiger partial charge on any atom is -0.490 e. The molecule has 0 amide bonds. The molecule has 1 aromatic rings. The van der Waals surface area contributed by atoms with Gasteiger partial charge in [0.1, 0.15) is 5.75 Å². The van der Waals surface area contributed by atoms with E-state index >= 15 is 0 Å². The van der Waals surface area contributed by atoms with Gasteiger partial charge in [-0.25, -0.2) is 8.42 Å². The van der Waals surface area contributed by atoms with Crippen molar-refractivity contribution >= 4 is 15.7 Å². The molecule has 106 valence electrons.